The summed E-state index contributed by atoms with van der Waals surface area (Å²) < 4.78 is 44.4. The van der Waals surface area contributed by atoms with Crippen molar-refractivity contribution in [3.8, 4) is 0 Å². The van der Waals surface area contributed by atoms with Crippen molar-refractivity contribution in [3.05, 3.63) is 45.5 Å². The quantitative estimate of drug-likeness (QED) is 0.359. The molecule has 0 aromatic carbocycles. The lowest BCUT2D eigenvalue weighted by Crippen LogP contribution is -2.42. The Labute approximate surface area is 239 Å². The summed E-state index contributed by atoms with van der Waals surface area (Å²) in [7, 11) is 0. The molecule has 0 radical (unpaired) electrons. The predicted octanol–water partition coefficient (Wildman–Crippen LogP) is 6.57. The molecule has 3 atom stereocenters. The standard InChI is InChI=1S/C27H31Cl2F3N4O4/c1-25(2,3)14-35(13-20(37)21-18(28)11-33-12-19(21)29)23(38)17-10-34-36(22(17)27(30,31)32)16-6-8-26(24(39)40)7-4-5-15(26)9-16/h10-12,15-16H,4-9,13-14H2,1-3H3,(H,39,40)/t15-,16-,26-/m1/s1. The molecule has 2 saturated carbocycles. The topological polar surface area (TPSA) is 105 Å². The van der Waals surface area contributed by atoms with Crippen molar-refractivity contribution in [1.82, 2.24) is 19.7 Å². The van der Waals surface area contributed by atoms with Crippen molar-refractivity contribution in [2.45, 2.75) is 71.5 Å². The fourth-order valence-electron chi connectivity index (χ4n) is 6.25. The van der Waals surface area contributed by atoms with Crippen LogP contribution >= 0.6 is 23.2 Å². The van der Waals surface area contributed by atoms with Crippen molar-refractivity contribution in [2.24, 2.45) is 16.7 Å². The van der Waals surface area contributed by atoms with Gasteiger partial charge in [-0.3, -0.25) is 24.0 Å². The summed E-state index contributed by atoms with van der Waals surface area (Å²) in [4.78, 5) is 43.8. The zero-order valence-electron chi connectivity index (χ0n) is 22.4. The molecule has 218 valence electrons. The van der Waals surface area contributed by atoms with Gasteiger partial charge in [-0.15, -0.1) is 0 Å². The van der Waals surface area contributed by atoms with Gasteiger partial charge in [-0.2, -0.15) is 18.3 Å². The van der Waals surface area contributed by atoms with E-state index in [9.17, 15) is 32.7 Å². The number of hydrogen-bond donors (Lipinski definition) is 1. The fraction of sp³-hybridized carbons (Fsp3) is 0.593. The van der Waals surface area contributed by atoms with Crippen LogP contribution in [-0.4, -0.2) is 55.5 Å². The zero-order chi connectivity index (χ0) is 29.6. The van der Waals surface area contributed by atoms with E-state index in [0.29, 0.717) is 19.3 Å². The van der Waals surface area contributed by atoms with Crippen molar-refractivity contribution in [1.29, 1.82) is 0 Å². The maximum absolute atomic E-state index is 14.5. The van der Waals surface area contributed by atoms with Gasteiger partial charge < -0.3 is 10.0 Å². The molecule has 2 aliphatic rings. The molecule has 2 heterocycles. The largest absolute Gasteiger partial charge is 0.481 e. The normalized spacial score (nSPS) is 23.1. The minimum absolute atomic E-state index is 0.0347. The summed E-state index contributed by atoms with van der Waals surface area (Å²) >= 11 is 12.2. The Kier molecular flexibility index (Phi) is 8.31. The number of fused-ring (bicyclic) bond motifs is 1. The summed E-state index contributed by atoms with van der Waals surface area (Å²) in [6.45, 7) is 4.77. The molecule has 0 spiro atoms. The third-order valence-electron chi connectivity index (χ3n) is 7.92. The van der Waals surface area contributed by atoms with Gasteiger partial charge in [-0.25, -0.2) is 0 Å². The number of carboxylic acids is 1. The molecule has 0 unspecified atom stereocenters. The number of amides is 1. The monoisotopic (exact) mass is 602 g/mol. The molecule has 13 heteroatoms. The third-order valence-corrected chi connectivity index (χ3v) is 8.50. The number of hydrogen-bond acceptors (Lipinski definition) is 5. The lowest BCUT2D eigenvalue weighted by molar-refractivity contribution is -0.156. The van der Waals surface area contributed by atoms with Crippen molar-refractivity contribution in [2.75, 3.05) is 13.1 Å². The van der Waals surface area contributed by atoms with E-state index < -0.39 is 58.5 Å². The van der Waals surface area contributed by atoms with E-state index in [1.54, 1.807) is 20.8 Å². The number of rotatable bonds is 7. The molecule has 0 bridgehead atoms. The number of carboxylic acid groups (broad SMARTS) is 1. The first-order valence-corrected chi connectivity index (χ1v) is 13.8. The highest BCUT2D eigenvalue weighted by atomic mass is 35.5. The number of halogens is 5. The predicted molar refractivity (Wildman–Crippen MR) is 141 cm³/mol. The van der Waals surface area contributed by atoms with Crippen LogP contribution in [-0.2, 0) is 11.0 Å². The summed E-state index contributed by atoms with van der Waals surface area (Å²) in [6, 6.07) is -0.708. The maximum Gasteiger partial charge on any atom is 0.433 e. The first-order chi connectivity index (χ1) is 18.5. The van der Waals surface area contributed by atoms with E-state index in [1.807, 2.05) is 0 Å². The smallest absolute Gasteiger partial charge is 0.433 e. The molecule has 2 aliphatic carbocycles. The van der Waals surface area contributed by atoms with Crippen LogP contribution < -0.4 is 0 Å². The van der Waals surface area contributed by atoms with E-state index in [4.69, 9.17) is 23.2 Å². The number of ketones is 1. The van der Waals surface area contributed by atoms with Crippen LogP contribution in [0.1, 0.15) is 91.7 Å². The molecule has 1 N–H and O–H groups in total. The van der Waals surface area contributed by atoms with Gasteiger partial charge in [-0.05, 0) is 43.4 Å². The minimum Gasteiger partial charge on any atom is -0.481 e. The molecule has 2 fully saturated rings. The molecular formula is C27H31Cl2F3N4O4. The lowest BCUT2D eigenvalue weighted by Gasteiger charge is -2.40. The molecular weight excluding hydrogens is 572 g/mol. The molecule has 1 amide bonds. The average molecular weight is 603 g/mol. The molecule has 0 saturated heterocycles. The third kappa shape index (κ3) is 5.86. The van der Waals surface area contributed by atoms with Crippen LogP contribution in [0.15, 0.2) is 18.6 Å². The Balaban J connectivity index is 1.69. The molecule has 2 aromatic rings. The molecule has 4 rings (SSSR count). The number of alkyl halides is 3. The second-order valence-corrected chi connectivity index (χ2v) is 12.8. The number of nitrogens with zero attached hydrogens (tertiary/aromatic N) is 4. The van der Waals surface area contributed by atoms with Crippen LogP contribution in [0.4, 0.5) is 13.2 Å². The number of carbonyl (C=O) groups is 3. The Morgan fingerprint density at radius 3 is 2.33 bits per heavy atom. The summed E-state index contributed by atoms with van der Waals surface area (Å²) in [5.74, 6) is -2.81. The van der Waals surface area contributed by atoms with Gasteiger partial charge in [0.05, 0.1) is 45.4 Å². The summed E-state index contributed by atoms with van der Waals surface area (Å²) in [6.07, 6.45) is 0.925. The number of pyridine rings is 1. The summed E-state index contributed by atoms with van der Waals surface area (Å²) in [5.41, 5.74) is -3.42. The molecule has 0 aliphatic heterocycles. The van der Waals surface area contributed by atoms with Crippen LogP contribution in [0.3, 0.4) is 0 Å². The van der Waals surface area contributed by atoms with Crippen molar-refractivity contribution in [3.63, 3.8) is 0 Å². The second kappa shape index (κ2) is 11.0. The van der Waals surface area contributed by atoms with Crippen LogP contribution in [0.5, 0.6) is 0 Å². The Bertz CT molecular complexity index is 1300. The van der Waals surface area contributed by atoms with Gasteiger partial charge in [0.2, 0.25) is 0 Å². The van der Waals surface area contributed by atoms with Gasteiger partial charge in [0.15, 0.2) is 11.5 Å². The van der Waals surface area contributed by atoms with E-state index >= 15 is 0 Å². The highest BCUT2D eigenvalue weighted by molar-refractivity contribution is 6.39. The highest BCUT2D eigenvalue weighted by Gasteiger charge is 2.53. The lowest BCUT2D eigenvalue weighted by atomic mass is 9.67. The highest BCUT2D eigenvalue weighted by Crippen LogP contribution is 2.55. The van der Waals surface area contributed by atoms with E-state index in [2.05, 4.69) is 10.1 Å². The van der Waals surface area contributed by atoms with Crippen LogP contribution in [0.25, 0.3) is 0 Å². The maximum atomic E-state index is 14.5. The van der Waals surface area contributed by atoms with Crippen molar-refractivity contribution >= 4 is 40.9 Å². The Morgan fingerprint density at radius 2 is 1.75 bits per heavy atom. The minimum atomic E-state index is -4.92. The van der Waals surface area contributed by atoms with Crippen LogP contribution in [0, 0.1) is 16.7 Å². The van der Waals surface area contributed by atoms with Gasteiger partial charge in [0, 0.05) is 18.9 Å². The number of Topliss-reactive ketones (excluding diaryl/α,β-unsaturated/α-hetero) is 1. The molecule has 8 nitrogen and oxygen atoms in total. The van der Waals surface area contributed by atoms with Gasteiger partial charge in [0.1, 0.15) is 0 Å². The van der Waals surface area contributed by atoms with E-state index in [1.165, 1.54) is 12.4 Å². The number of aromatic nitrogens is 3. The Hall–Kier alpha value is -2.66. The number of carbonyl (C=O) groups excluding carboxylic acids is 2. The van der Waals surface area contributed by atoms with Gasteiger partial charge >= 0.3 is 12.1 Å². The van der Waals surface area contributed by atoms with Gasteiger partial charge in [-0.1, -0.05) is 50.4 Å². The molecule has 40 heavy (non-hydrogen) atoms. The second-order valence-electron chi connectivity index (χ2n) is 12.0. The fourth-order valence-corrected chi connectivity index (χ4v) is 6.82. The summed E-state index contributed by atoms with van der Waals surface area (Å²) in [5, 5.41) is 13.8. The van der Waals surface area contributed by atoms with Crippen molar-refractivity contribution < 1.29 is 32.7 Å². The number of aliphatic carboxylic acids is 1. The van der Waals surface area contributed by atoms with E-state index in [0.717, 1.165) is 15.8 Å². The zero-order valence-corrected chi connectivity index (χ0v) is 23.9. The first-order valence-electron chi connectivity index (χ1n) is 13.0. The average Bonchev–Trinajstić information content (AvgIpc) is 3.47. The SMILES string of the molecule is CC(C)(C)CN(CC(=O)c1c(Cl)cncc1Cl)C(=O)c1cnn([C@@H]2CC[C@]3(C(=O)O)CCC[C@@H]3C2)c1C(F)(F)F. The first kappa shape index (κ1) is 30.3. The molecule has 2 aromatic heterocycles. The van der Waals surface area contributed by atoms with Gasteiger partial charge in [0.25, 0.3) is 5.91 Å². The Morgan fingerprint density at radius 1 is 1.10 bits per heavy atom. The van der Waals surface area contributed by atoms with Crippen LogP contribution in [0.2, 0.25) is 10.0 Å². The van der Waals surface area contributed by atoms with E-state index in [-0.39, 0.29) is 47.3 Å².